The number of carboxylic acids is 3. The number of nitrogens with zero attached hydrogens (tertiary/aromatic N) is 3. The van der Waals surface area contributed by atoms with Gasteiger partial charge in [0.05, 0.1) is 83.3 Å². The molecule has 852 valence electrons. The van der Waals surface area contributed by atoms with Crippen LogP contribution in [0.3, 0.4) is 0 Å². The van der Waals surface area contributed by atoms with Crippen molar-refractivity contribution in [3.63, 3.8) is 0 Å². The van der Waals surface area contributed by atoms with Gasteiger partial charge in [0.15, 0.2) is 25.2 Å². The average Bonchev–Trinajstić information content (AvgIpc) is 0.742. The molecule has 27 N–H and O–H groups in total. The minimum Gasteiger partial charge on any atom is -0.862 e. The number of nitrogens with one attached hydrogen (secondary N) is 2. The summed E-state index contributed by atoms with van der Waals surface area (Å²) in [6.45, 7) is -2.55. The standard InChI is InChI=1S/C95H165N5O47.3Na/c1-7-9-11-13-15-17-19-21-22-24-26-28-30-32-34-36-64(118)100-52(53(112)35-33-31-29-27-25-23-20-18-16-14-12-10-8-2)47-134-87-75(125)74(124)78(62(45-106)137-87)139-89-77(127)85(147-95(92(132)133)39-56(115)67(98-50(5)110)83(145-95)73(123)61(44-105)142-93(90(128)129)37-54(113)65(96-48(3)108)81(143-93)69(119)57(116)40-101)79(63(46-107)138-89)140-86-68(99-51(6)111)80(71(121)59(42-103)135-86)141-88-76(126)84(72(122)60(43-104)136-88)146-94(91(130)131)38-55(114)66(97-49(4)109)82(144-94)70(120)58(117)41-102;;;/h33,35,52-63,65-89,101-107,112-117,119-127H,7-32,34,36-47H2,1-6H3,(H,96,108)(H,97,109)(H,98,110)(H,99,111)(H,100,118)(H,128,129)(H,130,131)(H,132,133);;;/q;3*+1/p-3. The van der Waals surface area contributed by atoms with Crippen LogP contribution in [0.5, 0.6) is 0 Å². The molecule has 0 aliphatic carbocycles. The van der Waals surface area contributed by atoms with Crippen molar-refractivity contribution in [2.75, 3.05) is 52.9 Å². The minimum atomic E-state index is -3.84. The van der Waals surface area contributed by atoms with Crippen LogP contribution in [0.4, 0.5) is 0 Å². The number of carbonyl (C=O) groups excluding carboxylic acids is 2. The molecule has 0 aromatic carbocycles. The summed E-state index contributed by atoms with van der Waals surface area (Å²) >= 11 is 0. The first-order chi connectivity index (χ1) is 69.9. The fraction of sp³-hybridized carbons (Fsp3) is 0.895. The topological polar surface area (TPSA) is 851 Å². The van der Waals surface area contributed by atoms with E-state index in [1.54, 1.807) is 6.08 Å². The van der Waals surface area contributed by atoms with Gasteiger partial charge in [-0.15, -0.1) is 0 Å². The summed E-state index contributed by atoms with van der Waals surface area (Å²) in [5, 5.41) is 329. The molecule has 7 rings (SSSR count). The summed E-state index contributed by atoms with van der Waals surface area (Å²) < 4.78 is 84.3. The van der Waals surface area contributed by atoms with Gasteiger partial charge < -0.3 is 220 Å². The van der Waals surface area contributed by atoms with Crippen molar-refractivity contribution in [2.45, 2.75) is 484 Å². The van der Waals surface area contributed by atoms with E-state index in [-0.39, 0.29) is 95.1 Å². The predicted molar refractivity (Wildman–Crippen MR) is 499 cm³/mol. The van der Waals surface area contributed by atoms with E-state index in [4.69, 9.17) is 66.3 Å². The smallest absolute Gasteiger partial charge is 0.862 e. The molecule has 40 unspecified atom stereocenters. The molecule has 55 heteroatoms. The van der Waals surface area contributed by atoms with Crippen LogP contribution >= 0.6 is 0 Å². The Balaban J connectivity index is 0.0000156. The normalized spacial score (nSPS) is 35.3. The molecule has 7 heterocycles. The van der Waals surface area contributed by atoms with Crippen LogP contribution in [-0.2, 0) is 90.3 Å². The van der Waals surface area contributed by atoms with Crippen LogP contribution in [0.15, 0.2) is 27.1 Å². The molecule has 7 fully saturated rings. The van der Waals surface area contributed by atoms with Crippen LogP contribution < -0.4 is 115 Å². The van der Waals surface area contributed by atoms with Gasteiger partial charge in [-0.1, -0.05) is 180 Å². The maximum absolute atomic E-state index is 14.6. The molecule has 40 atom stereocenters. The molecule has 0 aromatic heterocycles. The van der Waals surface area contributed by atoms with Gasteiger partial charge >= 0.3 is 107 Å². The van der Waals surface area contributed by atoms with E-state index in [0.29, 0.717) is 12.8 Å². The number of aliphatic imine (C=N–C) groups is 3. The van der Waals surface area contributed by atoms with Crippen molar-refractivity contribution in [2.24, 2.45) is 15.0 Å². The summed E-state index contributed by atoms with van der Waals surface area (Å²) in [5.74, 6) is -22.7. The Morgan fingerprint density at radius 2 is 0.760 bits per heavy atom. The van der Waals surface area contributed by atoms with Gasteiger partial charge in [0.2, 0.25) is 11.8 Å². The largest absolute Gasteiger partial charge is 1.00 e. The Morgan fingerprint density at radius 1 is 0.407 bits per heavy atom. The van der Waals surface area contributed by atoms with Crippen LogP contribution in [0.2, 0.25) is 0 Å². The quantitative estimate of drug-likeness (QED) is 0.00884. The number of carbonyl (C=O) groups is 5. The first kappa shape index (κ1) is 139. The average molecular weight is 2200 g/mol. The monoisotopic (exact) mass is 2190 g/mol. The zero-order chi connectivity index (χ0) is 109. The first-order valence-corrected chi connectivity index (χ1v) is 51.2. The third kappa shape index (κ3) is 39.8. The molecule has 0 bridgehead atoms. The Bertz CT molecular complexity index is 3980. The molecule has 0 spiro atoms. The summed E-state index contributed by atoms with van der Waals surface area (Å²) in [6.07, 6.45) is -49.0. The molecule has 0 aromatic rings. The maximum Gasteiger partial charge on any atom is 1.00 e. The van der Waals surface area contributed by atoms with Crippen molar-refractivity contribution in [3.8, 4) is 0 Å². The number of aliphatic hydroxyl groups excluding tert-OH is 22. The second-order valence-electron chi connectivity index (χ2n) is 39.0. The van der Waals surface area contributed by atoms with E-state index in [9.17, 15) is 167 Å². The zero-order valence-electron chi connectivity index (χ0n) is 87.1. The van der Waals surface area contributed by atoms with Crippen molar-refractivity contribution < 1.29 is 322 Å². The molecule has 52 nitrogen and oxygen atoms in total. The van der Waals surface area contributed by atoms with Crippen LogP contribution in [0.25, 0.3) is 0 Å². The summed E-state index contributed by atoms with van der Waals surface area (Å²) in [7, 11) is 0. The first-order valence-electron chi connectivity index (χ1n) is 51.2. The van der Waals surface area contributed by atoms with Crippen LogP contribution in [0, 0.1) is 0 Å². The fourth-order valence-corrected chi connectivity index (χ4v) is 19.3. The van der Waals surface area contributed by atoms with E-state index in [0.717, 1.165) is 111 Å². The van der Waals surface area contributed by atoms with Gasteiger partial charge in [-0.2, -0.15) is 0 Å². The predicted octanol–water partition coefficient (Wildman–Crippen LogP) is -16.8. The minimum absolute atomic E-state index is 0. The maximum atomic E-state index is 14.6. The van der Waals surface area contributed by atoms with Gasteiger partial charge in [0.25, 0.3) is 17.4 Å². The molecule has 150 heavy (non-hydrogen) atoms. The van der Waals surface area contributed by atoms with E-state index >= 15 is 0 Å². The van der Waals surface area contributed by atoms with E-state index in [1.165, 1.54) is 83.1 Å². The Morgan fingerprint density at radius 3 is 1.17 bits per heavy atom. The molecule has 2 amide bonds. The zero-order valence-corrected chi connectivity index (χ0v) is 93.1. The molecular weight excluding hydrogens is 2030 g/mol. The molecule has 7 aliphatic rings. The number of unbranched alkanes of at least 4 members (excludes halogenated alkanes) is 25. The molecule has 7 saturated heterocycles. The number of amides is 2. The molecule has 0 radical (unpaired) electrons. The number of aliphatic carboxylic acids is 3. The van der Waals surface area contributed by atoms with Gasteiger partial charge in [0.1, 0.15) is 171 Å². The summed E-state index contributed by atoms with van der Waals surface area (Å²) in [4.78, 5) is 80.3. The number of hydrogen-bond acceptors (Lipinski definition) is 47. The van der Waals surface area contributed by atoms with Gasteiger partial charge in [-0.25, -0.2) is 14.4 Å². The number of rotatable bonds is 66. The molecule has 0 saturated carbocycles. The van der Waals surface area contributed by atoms with Crippen LogP contribution in [-0.4, -0.2) is 472 Å². The van der Waals surface area contributed by atoms with Crippen molar-refractivity contribution in [1.82, 2.24) is 10.6 Å². The van der Waals surface area contributed by atoms with Gasteiger partial charge in [-0.3, -0.25) is 24.6 Å². The third-order valence-electron chi connectivity index (χ3n) is 27.4. The number of allylic oxidation sites excluding steroid dienone is 1. The number of ether oxygens (including phenoxy) is 14. The Labute approximate surface area is 937 Å². The second-order valence-corrected chi connectivity index (χ2v) is 39.0. The van der Waals surface area contributed by atoms with E-state index in [2.05, 4.69) is 39.5 Å². The molecular formula is C95H162N5Na3O47. The van der Waals surface area contributed by atoms with Gasteiger partial charge in [0, 0.05) is 32.6 Å². The second kappa shape index (κ2) is 69.7. The number of aliphatic hydroxyl groups is 22. The third-order valence-corrected chi connectivity index (χ3v) is 27.4. The van der Waals surface area contributed by atoms with Crippen molar-refractivity contribution in [1.29, 1.82) is 0 Å². The van der Waals surface area contributed by atoms with Gasteiger partial charge in [-0.05, 0) is 57.7 Å². The number of hydrogen-bond donors (Lipinski definition) is 27. The fourth-order valence-electron chi connectivity index (χ4n) is 19.3. The Kier molecular flexibility index (Phi) is 64.7. The van der Waals surface area contributed by atoms with Crippen molar-refractivity contribution in [3.05, 3.63) is 12.2 Å². The van der Waals surface area contributed by atoms with E-state index in [1.807, 2.05) is 0 Å². The SMILES string of the molecule is CCCCCCCCCCCCCC=CC(O)C(COC1OC(CO)C(OC2OC(CO)C(OC3OC(CO)C(O)C(OC4OC(CO)C(O)C(OC5(C(=O)O)CC(O)C(N=C(C)[O-])C(C(O)C(O)CO)O5)C4O)C3NC(C)=O)C(OC3(C(=O)O)CC(O)C(N=C(C)[O-])C(C(O)C(CO)OC4(C(=O)O)CC(O)C(N=C(C)[O-])C(C(O)C(O)CO)O4)O3)C2O)C(O)C1O)NC(=O)CCCCCCCCCCCCCCCCC.[Na+].[Na+].[Na+]. The Hall–Kier alpha value is -2.94. The van der Waals surface area contributed by atoms with Crippen molar-refractivity contribution >= 4 is 47.4 Å². The number of carboxylic acid groups (broad SMARTS) is 3. The molecule has 7 aliphatic heterocycles. The summed E-state index contributed by atoms with van der Waals surface area (Å²) in [5.41, 5.74) is 0. The van der Waals surface area contributed by atoms with E-state index < -0.39 is 363 Å². The summed E-state index contributed by atoms with van der Waals surface area (Å²) in [6, 6.07) is -9.78. The van der Waals surface area contributed by atoms with Crippen LogP contribution in [0.1, 0.15) is 241 Å².